The molecule has 0 radical (unpaired) electrons. The van der Waals surface area contributed by atoms with Crippen LogP contribution in [0.5, 0.6) is 0 Å². The van der Waals surface area contributed by atoms with Crippen molar-refractivity contribution >= 4 is 12.0 Å². The van der Waals surface area contributed by atoms with Crippen molar-refractivity contribution in [1.82, 2.24) is 4.90 Å². The molecular formula is C18H25NO2. The van der Waals surface area contributed by atoms with E-state index in [4.69, 9.17) is 5.11 Å². The summed E-state index contributed by atoms with van der Waals surface area (Å²) in [6.07, 6.45) is 8.15. The molecule has 0 saturated heterocycles. The monoisotopic (exact) mass is 287 g/mol. The van der Waals surface area contributed by atoms with Crippen LogP contribution in [-0.4, -0.2) is 29.1 Å². The van der Waals surface area contributed by atoms with Crippen molar-refractivity contribution in [3.05, 3.63) is 41.5 Å². The van der Waals surface area contributed by atoms with Crippen LogP contribution in [0.4, 0.5) is 0 Å². The number of hydrogen-bond acceptors (Lipinski definition) is 2. The summed E-state index contributed by atoms with van der Waals surface area (Å²) >= 11 is 0. The number of nitrogens with zero attached hydrogens (tertiary/aromatic N) is 1. The van der Waals surface area contributed by atoms with E-state index in [2.05, 4.69) is 31.0 Å². The third-order valence-electron chi connectivity index (χ3n) is 4.43. The number of aliphatic carboxylic acids is 1. The fourth-order valence-electron chi connectivity index (χ4n) is 3.32. The molecule has 1 saturated carbocycles. The Kier molecular flexibility index (Phi) is 5.57. The Balaban J connectivity index is 2.01. The lowest BCUT2D eigenvalue weighted by Gasteiger charge is -2.36. The summed E-state index contributed by atoms with van der Waals surface area (Å²) in [5, 5.41) is 8.69. The molecule has 0 bridgehead atoms. The molecule has 0 heterocycles. The second-order valence-electron chi connectivity index (χ2n) is 6.16. The fraction of sp³-hybridized carbons (Fsp3) is 0.500. The van der Waals surface area contributed by atoms with Crippen molar-refractivity contribution in [1.29, 1.82) is 0 Å². The zero-order valence-corrected chi connectivity index (χ0v) is 13.0. The summed E-state index contributed by atoms with van der Waals surface area (Å²) in [5.74, 6) is -0.146. The maximum absolute atomic E-state index is 10.6. The summed E-state index contributed by atoms with van der Waals surface area (Å²) in [6.45, 7) is 3.27. The van der Waals surface area contributed by atoms with Crippen LogP contribution in [0.1, 0.15) is 43.7 Å². The van der Waals surface area contributed by atoms with E-state index in [0.717, 1.165) is 18.0 Å². The number of carbonyl (C=O) groups is 1. The van der Waals surface area contributed by atoms with Crippen molar-refractivity contribution in [2.75, 3.05) is 7.05 Å². The zero-order chi connectivity index (χ0) is 15.2. The highest BCUT2D eigenvalue weighted by molar-refractivity contribution is 5.85. The van der Waals surface area contributed by atoms with Crippen LogP contribution in [0.15, 0.2) is 30.3 Å². The molecule has 0 aliphatic heterocycles. The van der Waals surface area contributed by atoms with E-state index in [1.807, 2.05) is 12.1 Å². The van der Waals surface area contributed by atoms with Crippen LogP contribution in [0.2, 0.25) is 0 Å². The first kappa shape index (κ1) is 15.8. The van der Waals surface area contributed by atoms with Gasteiger partial charge in [-0.15, -0.1) is 0 Å². The van der Waals surface area contributed by atoms with Crippen LogP contribution in [-0.2, 0) is 11.3 Å². The SMILES string of the molecule is CC1CCCCC1N(C)Cc1cccc(C=CC(=O)O)c1. The van der Waals surface area contributed by atoms with Crippen LogP contribution >= 0.6 is 0 Å². The molecule has 21 heavy (non-hydrogen) atoms. The summed E-state index contributed by atoms with van der Waals surface area (Å²) < 4.78 is 0. The van der Waals surface area contributed by atoms with Gasteiger partial charge in [-0.25, -0.2) is 4.79 Å². The molecule has 0 aromatic heterocycles. The second kappa shape index (κ2) is 7.41. The predicted molar refractivity (Wildman–Crippen MR) is 86.0 cm³/mol. The van der Waals surface area contributed by atoms with Gasteiger partial charge in [0.1, 0.15) is 0 Å². The standard InChI is InChI=1S/C18H25NO2/c1-14-6-3-4-9-17(14)19(2)13-16-8-5-7-15(12-16)10-11-18(20)21/h5,7-8,10-12,14,17H,3-4,6,9,13H2,1-2H3,(H,20,21). The van der Waals surface area contributed by atoms with E-state index >= 15 is 0 Å². The average Bonchev–Trinajstić information content (AvgIpc) is 2.46. The van der Waals surface area contributed by atoms with Crippen LogP contribution in [0.25, 0.3) is 6.08 Å². The van der Waals surface area contributed by atoms with Crippen molar-refractivity contribution in [3.63, 3.8) is 0 Å². The first-order valence-corrected chi connectivity index (χ1v) is 7.76. The van der Waals surface area contributed by atoms with Gasteiger partial charge in [-0.3, -0.25) is 4.90 Å². The topological polar surface area (TPSA) is 40.5 Å². The van der Waals surface area contributed by atoms with Gasteiger partial charge in [0.2, 0.25) is 0 Å². The van der Waals surface area contributed by atoms with Gasteiger partial charge in [-0.1, -0.05) is 44.0 Å². The lowest BCUT2D eigenvalue weighted by molar-refractivity contribution is -0.131. The summed E-state index contributed by atoms with van der Waals surface area (Å²) in [6, 6.07) is 8.78. The molecule has 1 N–H and O–H groups in total. The molecule has 1 aromatic rings. The third kappa shape index (κ3) is 4.71. The maximum atomic E-state index is 10.6. The smallest absolute Gasteiger partial charge is 0.328 e. The lowest BCUT2D eigenvalue weighted by Crippen LogP contribution is -2.38. The minimum absolute atomic E-state index is 0.664. The second-order valence-corrected chi connectivity index (χ2v) is 6.16. The lowest BCUT2D eigenvalue weighted by atomic mass is 9.85. The molecule has 2 rings (SSSR count). The summed E-state index contributed by atoms with van der Waals surface area (Å²) in [5.41, 5.74) is 2.18. The molecule has 1 aliphatic carbocycles. The Morgan fingerprint density at radius 3 is 2.86 bits per heavy atom. The molecular weight excluding hydrogens is 262 g/mol. The Morgan fingerprint density at radius 2 is 2.14 bits per heavy atom. The van der Waals surface area contributed by atoms with Crippen molar-refractivity contribution in [2.24, 2.45) is 5.92 Å². The van der Waals surface area contributed by atoms with Crippen LogP contribution in [0.3, 0.4) is 0 Å². The number of carboxylic acid groups (broad SMARTS) is 1. The molecule has 1 aliphatic rings. The van der Waals surface area contributed by atoms with E-state index in [1.165, 1.54) is 37.3 Å². The van der Waals surface area contributed by atoms with E-state index in [0.29, 0.717) is 6.04 Å². The first-order chi connectivity index (χ1) is 10.1. The fourth-order valence-corrected chi connectivity index (χ4v) is 3.32. The number of carboxylic acids is 1. The van der Waals surface area contributed by atoms with Gasteiger partial charge < -0.3 is 5.11 Å². The van der Waals surface area contributed by atoms with Gasteiger partial charge in [0.05, 0.1) is 0 Å². The molecule has 0 amide bonds. The van der Waals surface area contributed by atoms with Gasteiger partial charge in [-0.2, -0.15) is 0 Å². The van der Waals surface area contributed by atoms with E-state index in [9.17, 15) is 4.79 Å². The van der Waals surface area contributed by atoms with Gasteiger partial charge in [-0.05, 0) is 43.0 Å². The van der Waals surface area contributed by atoms with Crippen molar-refractivity contribution in [2.45, 2.75) is 45.2 Å². The summed E-state index contributed by atoms with van der Waals surface area (Å²) in [7, 11) is 2.20. The highest BCUT2D eigenvalue weighted by atomic mass is 16.4. The van der Waals surface area contributed by atoms with Crippen LogP contribution in [0, 0.1) is 5.92 Å². The zero-order valence-electron chi connectivity index (χ0n) is 13.0. The minimum Gasteiger partial charge on any atom is -0.478 e. The molecule has 1 fully saturated rings. The Labute approximate surface area is 127 Å². The summed E-state index contributed by atoms with van der Waals surface area (Å²) in [4.78, 5) is 13.0. The Morgan fingerprint density at radius 1 is 1.38 bits per heavy atom. The Bertz CT molecular complexity index is 510. The quantitative estimate of drug-likeness (QED) is 0.838. The van der Waals surface area contributed by atoms with Gasteiger partial charge in [0, 0.05) is 18.7 Å². The third-order valence-corrected chi connectivity index (χ3v) is 4.43. The number of benzene rings is 1. The van der Waals surface area contributed by atoms with E-state index < -0.39 is 5.97 Å². The largest absolute Gasteiger partial charge is 0.478 e. The van der Waals surface area contributed by atoms with E-state index in [1.54, 1.807) is 6.08 Å². The highest BCUT2D eigenvalue weighted by Crippen LogP contribution is 2.28. The molecule has 0 spiro atoms. The Hall–Kier alpha value is -1.61. The molecule has 3 heteroatoms. The van der Waals surface area contributed by atoms with Gasteiger partial charge in [0.15, 0.2) is 0 Å². The number of hydrogen-bond donors (Lipinski definition) is 1. The van der Waals surface area contributed by atoms with Gasteiger partial charge in [0.25, 0.3) is 0 Å². The highest BCUT2D eigenvalue weighted by Gasteiger charge is 2.24. The predicted octanol–water partition coefficient (Wildman–Crippen LogP) is 3.79. The first-order valence-electron chi connectivity index (χ1n) is 7.76. The maximum Gasteiger partial charge on any atom is 0.328 e. The molecule has 2 unspecified atom stereocenters. The normalized spacial score (nSPS) is 22.8. The van der Waals surface area contributed by atoms with E-state index in [-0.39, 0.29) is 0 Å². The molecule has 114 valence electrons. The van der Waals surface area contributed by atoms with Gasteiger partial charge >= 0.3 is 5.97 Å². The average molecular weight is 287 g/mol. The van der Waals surface area contributed by atoms with Crippen molar-refractivity contribution in [3.8, 4) is 0 Å². The number of rotatable bonds is 5. The van der Waals surface area contributed by atoms with Crippen molar-refractivity contribution < 1.29 is 9.90 Å². The minimum atomic E-state index is -0.909. The molecule has 3 nitrogen and oxygen atoms in total. The molecule has 1 aromatic carbocycles. The van der Waals surface area contributed by atoms with Crippen LogP contribution < -0.4 is 0 Å². The molecule has 2 atom stereocenters.